The average molecular weight is 176 g/mol. The Morgan fingerprint density at radius 3 is 2.00 bits per heavy atom. The Morgan fingerprint density at radius 1 is 0.923 bits per heavy atom. The SMILES string of the molecule is O=[C]C([C]1CCCC1)=C1CCCC1. The van der Waals surface area contributed by atoms with Crippen molar-refractivity contribution in [3.05, 3.63) is 17.1 Å². The third kappa shape index (κ3) is 1.84. The Bertz CT molecular complexity index is 213. The first kappa shape index (κ1) is 8.98. The van der Waals surface area contributed by atoms with Gasteiger partial charge < -0.3 is 0 Å². The van der Waals surface area contributed by atoms with Gasteiger partial charge in [0.2, 0.25) is 6.29 Å². The molecule has 2 aliphatic rings. The molecule has 0 saturated heterocycles. The highest BCUT2D eigenvalue weighted by molar-refractivity contribution is 5.80. The molecule has 0 aromatic carbocycles. The first-order valence-corrected chi connectivity index (χ1v) is 5.37. The van der Waals surface area contributed by atoms with Gasteiger partial charge >= 0.3 is 0 Å². The van der Waals surface area contributed by atoms with Crippen LogP contribution in [0.4, 0.5) is 0 Å². The normalized spacial score (nSPS) is 23.8. The summed E-state index contributed by atoms with van der Waals surface area (Å²) in [5.41, 5.74) is 2.38. The fourth-order valence-electron chi connectivity index (χ4n) is 2.50. The van der Waals surface area contributed by atoms with Crippen LogP contribution in [0.2, 0.25) is 0 Å². The highest BCUT2D eigenvalue weighted by Gasteiger charge is 2.24. The second kappa shape index (κ2) is 4.08. The number of allylic oxidation sites excluding steroid dienone is 2. The Hall–Kier alpha value is -0.590. The van der Waals surface area contributed by atoms with Crippen LogP contribution in [0.1, 0.15) is 51.4 Å². The molecule has 0 spiro atoms. The Labute approximate surface area is 80.2 Å². The van der Waals surface area contributed by atoms with Crippen LogP contribution in [-0.4, -0.2) is 6.29 Å². The van der Waals surface area contributed by atoms with Crippen molar-refractivity contribution in [2.24, 2.45) is 0 Å². The maximum Gasteiger partial charge on any atom is 0.229 e. The van der Waals surface area contributed by atoms with Gasteiger partial charge in [-0.1, -0.05) is 18.4 Å². The fourth-order valence-corrected chi connectivity index (χ4v) is 2.50. The molecule has 0 heterocycles. The fraction of sp³-hybridized carbons (Fsp3) is 0.667. The van der Waals surface area contributed by atoms with Crippen LogP contribution < -0.4 is 0 Å². The first-order valence-electron chi connectivity index (χ1n) is 5.37. The molecule has 1 heteroatoms. The minimum absolute atomic E-state index is 0.981. The van der Waals surface area contributed by atoms with Gasteiger partial charge in [0.05, 0.1) is 0 Å². The second-order valence-electron chi connectivity index (χ2n) is 4.10. The molecule has 13 heavy (non-hydrogen) atoms. The van der Waals surface area contributed by atoms with E-state index < -0.39 is 0 Å². The molecule has 70 valence electrons. The third-order valence-corrected chi connectivity index (χ3v) is 3.22. The van der Waals surface area contributed by atoms with Crippen molar-refractivity contribution in [2.75, 3.05) is 0 Å². The molecule has 2 fully saturated rings. The Morgan fingerprint density at radius 2 is 1.46 bits per heavy atom. The zero-order valence-electron chi connectivity index (χ0n) is 8.07. The summed E-state index contributed by atoms with van der Waals surface area (Å²) in [6.07, 6.45) is 11.9. The summed E-state index contributed by atoms with van der Waals surface area (Å²) >= 11 is 0. The molecular formula is C12H16O. The van der Waals surface area contributed by atoms with Gasteiger partial charge in [-0.25, -0.2) is 0 Å². The summed E-state index contributed by atoms with van der Waals surface area (Å²) in [5.74, 6) is 1.40. The lowest BCUT2D eigenvalue weighted by Gasteiger charge is -2.10. The zero-order chi connectivity index (χ0) is 9.10. The molecule has 0 unspecified atom stereocenters. The summed E-state index contributed by atoms with van der Waals surface area (Å²) in [7, 11) is 0. The van der Waals surface area contributed by atoms with Crippen molar-refractivity contribution in [3.8, 4) is 0 Å². The molecule has 2 rings (SSSR count). The summed E-state index contributed by atoms with van der Waals surface area (Å²) in [4.78, 5) is 10.9. The van der Waals surface area contributed by atoms with Gasteiger partial charge in [-0.3, -0.25) is 4.79 Å². The number of hydrogen-bond donors (Lipinski definition) is 0. The van der Waals surface area contributed by atoms with E-state index in [0.29, 0.717) is 0 Å². The van der Waals surface area contributed by atoms with Crippen LogP contribution in [0.5, 0.6) is 0 Å². The van der Waals surface area contributed by atoms with Gasteiger partial charge in [0.1, 0.15) is 0 Å². The zero-order valence-corrected chi connectivity index (χ0v) is 8.07. The smallest absolute Gasteiger partial charge is 0.229 e. The van der Waals surface area contributed by atoms with Crippen molar-refractivity contribution in [1.29, 1.82) is 0 Å². The Balaban J connectivity index is 2.14. The van der Waals surface area contributed by atoms with E-state index in [4.69, 9.17) is 0 Å². The summed E-state index contributed by atoms with van der Waals surface area (Å²) < 4.78 is 0. The first-order chi connectivity index (χ1) is 6.42. The molecule has 0 bridgehead atoms. The van der Waals surface area contributed by atoms with Crippen molar-refractivity contribution < 1.29 is 4.79 Å². The molecule has 0 aromatic heterocycles. The third-order valence-electron chi connectivity index (χ3n) is 3.22. The largest absolute Gasteiger partial charge is 0.285 e. The van der Waals surface area contributed by atoms with E-state index in [-0.39, 0.29) is 0 Å². The van der Waals surface area contributed by atoms with Gasteiger partial charge in [-0.05, 0) is 38.5 Å². The van der Waals surface area contributed by atoms with E-state index in [1.54, 1.807) is 0 Å². The molecule has 1 nitrogen and oxygen atoms in total. The molecule has 2 radical (unpaired) electrons. The molecule has 0 aromatic rings. The van der Waals surface area contributed by atoms with Crippen molar-refractivity contribution in [1.82, 2.24) is 0 Å². The summed E-state index contributed by atoms with van der Waals surface area (Å²) in [6, 6.07) is 0. The van der Waals surface area contributed by atoms with Crippen LogP contribution >= 0.6 is 0 Å². The van der Waals surface area contributed by atoms with Gasteiger partial charge in [-0.2, -0.15) is 0 Å². The van der Waals surface area contributed by atoms with Crippen LogP contribution in [0, 0.1) is 5.92 Å². The lowest BCUT2D eigenvalue weighted by molar-refractivity contribution is 0.560. The topological polar surface area (TPSA) is 17.1 Å². The summed E-state index contributed by atoms with van der Waals surface area (Å²) in [5, 5.41) is 0. The van der Waals surface area contributed by atoms with E-state index in [0.717, 1.165) is 31.3 Å². The Kier molecular flexibility index (Phi) is 2.82. The molecular weight excluding hydrogens is 160 g/mol. The second-order valence-corrected chi connectivity index (χ2v) is 4.10. The predicted molar refractivity (Wildman–Crippen MR) is 52.9 cm³/mol. The van der Waals surface area contributed by atoms with E-state index >= 15 is 0 Å². The quantitative estimate of drug-likeness (QED) is 0.591. The molecule has 2 aliphatic carbocycles. The molecule has 0 amide bonds. The number of carbonyl (C=O) groups excluding carboxylic acids is 1. The van der Waals surface area contributed by atoms with Crippen LogP contribution in [0.3, 0.4) is 0 Å². The van der Waals surface area contributed by atoms with Crippen molar-refractivity contribution >= 4 is 6.29 Å². The van der Waals surface area contributed by atoms with Gasteiger partial charge in [0, 0.05) is 11.5 Å². The maximum atomic E-state index is 10.9. The van der Waals surface area contributed by atoms with E-state index in [2.05, 4.69) is 6.29 Å². The lowest BCUT2D eigenvalue weighted by Crippen LogP contribution is -2.00. The van der Waals surface area contributed by atoms with Crippen molar-refractivity contribution in [3.63, 3.8) is 0 Å². The minimum Gasteiger partial charge on any atom is -0.285 e. The van der Waals surface area contributed by atoms with E-state index in [9.17, 15) is 4.79 Å². The minimum atomic E-state index is 0.981. The van der Waals surface area contributed by atoms with Crippen LogP contribution in [0.25, 0.3) is 0 Å². The molecule has 0 N–H and O–H groups in total. The predicted octanol–water partition coefficient (Wildman–Crippen LogP) is 3.12. The highest BCUT2D eigenvalue weighted by atomic mass is 16.1. The maximum absolute atomic E-state index is 10.9. The van der Waals surface area contributed by atoms with E-state index in [1.165, 1.54) is 37.2 Å². The van der Waals surface area contributed by atoms with E-state index in [1.807, 2.05) is 0 Å². The highest BCUT2D eigenvalue weighted by Crippen LogP contribution is 2.37. The van der Waals surface area contributed by atoms with Crippen molar-refractivity contribution in [2.45, 2.75) is 51.4 Å². The van der Waals surface area contributed by atoms with Gasteiger partial charge in [0.15, 0.2) is 0 Å². The number of rotatable bonds is 2. The van der Waals surface area contributed by atoms with Crippen LogP contribution in [-0.2, 0) is 4.79 Å². The van der Waals surface area contributed by atoms with Crippen LogP contribution in [0.15, 0.2) is 11.1 Å². The molecule has 0 aliphatic heterocycles. The number of hydrogen-bond acceptors (Lipinski definition) is 1. The lowest BCUT2D eigenvalue weighted by atomic mass is 9.93. The molecule has 0 atom stereocenters. The van der Waals surface area contributed by atoms with Gasteiger partial charge in [0.25, 0.3) is 0 Å². The average Bonchev–Trinajstić information content (AvgIpc) is 2.76. The standard InChI is InChI=1S/C12H16O/c13-9-12(10-5-1-2-6-10)11-7-3-4-8-11/h1-8H2. The molecule has 2 saturated carbocycles. The monoisotopic (exact) mass is 176 g/mol. The summed E-state index contributed by atoms with van der Waals surface area (Å²) in [6.45, 7) is 0. The van der Waals surface area contributed by atoms with Gasteiger partial charge in [-0.15, -0.1) is 0 Å².